The van der Waals surface area contributed by atoms with Crippen LogP contribution in [-0.2, 0) is 16.1 Å². The van der Waals surface area contributed by atoms with E-state index < -0.39 is 11.7 Å². The fraction of sp³-hybridized carbons (Fsp3) is 0.296. The average Bonchev–Trinajstić information content (AvgIpc) is 2.76. The number of pyridine rings is 1. The van der Waals surface area contributed by atoms with Gasteiger partial charge in [0.2, 0.25) is 5.91 Å². The molecule has 0 aliphatic heterocycles. The van der Waals surface area contributed by atoms with Gasteiger partial charge in [0.1, 0.15) is 5.60 Å². The number of carbonyl (C=O) groups is 2. The molecule has 34 heavy (non-hydrogen) atoms. The maximum Gasteiger partial charge on any atom is 0.407 e. The van der Waals surface area contributed by atoms with Crippen LogP contribution in [-0.4, -0.2) is 48.1 Å². The molecule has 0 unspecified atom stereocenters. The van der Waals surface area contributed by atoms with Crippen LogP contribution in [0.5, 0.6) is 0 Å². The number of ether oxygens (including phenoxy) is 1. The average molecular weight is 461 g/mol. The van der Waals surface area contributed by atoms with Gasteiger partial charge in [-0.15, -0.1) is 0 Å². The van der Waals surface area contributed by atoms with E-state index in [1.54, 1.807) is 12.3 Å². The number of fused-ring (bicyclic) bond motifs is 1. The first-order valence-corrected chi connectivity index (χ1v) is 11.2. The van der Waals surface area contributed by atoms with Gasteiger partial charge in [0.25, 0.3) is 0 Å². The number of alkyl carbamates (subject to hydrolysis) is 1. The number of hydrogen-bond acceptors (Lipinski definition) is 5. The smallest absolute Gasteiger partial charge is 0.407 e. The molecule has 0 radical (unpaired) electrons. The number of amides is 2. The number of aromatic nitrogens is 1. The number of nitrogens with zero attached hydrogens (tertiary/aromatic N) is 2. The van der Waals surface area contributed by atoms with Crippen molar-refractivity contribution in [3.05, 3.63) is 72.4 Å². The lowest BCUT2D eigenvalue weighted by Crippen LogP contribution is -2.32. The van der Waals surface area contributed by atoms with E-state index in [0.29, 0.717) is 18.8 Å². The van der Waals surface area contributed by atoms with Crippen LogP contribution in [0.25, 0.3) is 22.0 Å². The summed E-state index contributed by atoms with van der Waals surface area (Å²) in [6.45, 7) is 6.47. The fourth-order valence-electron chi connectivity index (χ4n) is 3.46. The summed E-state index contributed by atoms with van der Waals surface area (Å²) in [7, 11) is 3.89. The summed E-state index contributed by atoms with van der Waals surface area (Å²) >= 11 is 0. The first-order chi connectivity index (χ1) is 16.1. The third-order valence-electron chi connectivity index (χ3n) is 4.90. The zero-order chi connectivity index (χ0) is 24.7. The highest BCUT2D eigenvalue weighted by atomic mass is 16.6. The maximum atomic E-state index is 12.4. The molecule has 3 rings (SSSR count). The van der Waals surface area contributed by atoms with Crippen LogP contribution in [0.1, 0.15) is 26.3 Å². The van der Waals surface area contributed by atoms with Crippen molar-refractivity contribution < 1.29 is 14.3 Å². The molecule has 0 saturated heterocycles. The second-order valence-electron chi connectivity index (χ2n) is 9.23. The molecule has 7 heteroatoms. The summed E-state index contributed by atoms with van der Waals surface area (Å²) in [6.07, 6.45) is 4.62. The van der Waals surface area contributed by atoms with Crippen molar-refractivity contribution in [3.8, 4) is 11.3 Å². The number of benzene rings is 2. The third-order valence-corrected chi connectivity index (χ3v) is 4.90. The molecule has 1 aromatic heterocycles. The third kappa shape index (κ3) is 6.89. The molecular formula is C27H32N4O3. The van der Waals surface area contributed by atoms with Gasteiger partial charge in [-0.05, 0) is 52.6 Å². The minimum Gasteiger partial charge on any atom is -0.444 e. The minimum atomic E-state index is -0.566. The van der Waals surface area contributed by atoms with Gasteiger partial charge in [-0.25, -0.2) is 4.79 Å². The summed E-state index contributed by atoms with van der Waals surface area (Å²) in [4.78, 5) is 31.2. The van der Waals surface area contributed by atoms with Crippen LogP contribution in [0.15, 0.2) is 66.9 Å². The van der Waals surface area contributed by atoms with E-state index in [1.807, 2.05) is 94.4 Å². The largest absolute Gasteiger partial charge is 0.444 e. The Kier molecular flexibility index (Phi) is 8.02. The molecule has 1 heterocycles. The molecule has 0 fully saturated rings. The number of likely N-dealkylation sites (N-methyl/N-ethyl adjacent to an activating group) is 1. The number of carbonyl (C=O) groups excluding carboxylic acids is 2. The Hall–Kier alpha value is -3.71. The summed E-state index contributed by atoms with van der Waals surface area (Å²) in [5, 5.41) is 7.58. The lowest BCUT2D eigenvalue weighted by Gasteiger charge is -2.20. The number of nitrogens with one attached hydrogen (secondary N) is 2. The first-order valence-electron chi connectivity index (χ1n) is 11.2. The van der Waals surface area contributed by atoms with E-state index in [2.05, 4.69) is 15.6 Å². The highest BCUT2D eigenvalue weighted by Gasteiger charge is 2.17. The second kappa shape index (κ2) is 10.9. The summed E-state index contributed by atoms with van der Waals surface area (Å²) in [5.74, 6) is -0.185. The summed E-state index contributed by atoms with van der Waals surface area (Å²) < 4.78 is 5.35. The van der Waals surface area contributed by atoms with Crippen molar-refractivity contribution in [1.82, 2.24) is 15.2 Å². The van der Waals surface area contributed by atoms with Crippen LogP contribution < -0.4 is 10.6 Å². The monoisotopic (exact) mass is 460 g/mol. The molecule has 178 valence electrons. The van der Waals surface area contributed by atoms with Gasteiger partial charge in [0.05, 0.1) is 5.69 Å². The predicted molar refractivity (Wildman–Crippen MR) is 137 cm³/mol. The quantitative estimate of drug-likeness (QED) is 0.486. The van der Waals surface area contributed by atoms with Crippen molar-refractivity contribution >= 4 is 28.5 Å². The van der Waals surface area contributed by atoms with Gasteiger partial charge < -0.3 is 20.3 Å². The standard InChI is InChI=1S/C27H32N4O3/c1-27(2,3)34-26(33)29-18-19-10-6-7-11-20(19)25-22-12-8-13-23(21(22)15-16-28-25)30-24(32)14-9-17-31(4)5/h6-16H,17-18H2,1-5H3,(H,29,33)(H,30,32)/b14-9+. The van der Waals surface area contributed by atoms with E-state index >= 15 is 0 Å². The zero-order valence-corrected chi connectivity index (χ0v) is 20.4. The van der Waals surface area contributed by atoms with Crippen LogP contribution in [0.3, 0.4) is 0 Å². The molecule has 2 aromatic carbocycles. The van der Waals surface area contributed by atoms with Gasteiger partial charge in [0, 0.05) is 47.4 Å². The van der Waals surface area contributed by atoms with E-state index in [0.717, 1.165) is 27.6 Å². The highest BCUT2D eigenvalue weighted by molar-refractivity contribution is 6.08. The summed E-state index contributed by atoms with van der Waals surface area (Å²) in [6, 6.07) is 15.4. The Morgan fingerprint density at radius 1 is 1.03 bits per heavy atom. The minimum absolute atomic E-state index is 0.185. The van der Waals surface area contributed by atoms with Gasteiger partial charge >= 0.3 is 6.09 Å². The van der Waals surface area contributed by atoms with Crippen LogP contribution in [0.2, 0.25) is 0 Å². The predicted octanol–water partition coefficient (Wildman–Crippen LogP) is 4.98. The van der Waals surface area contributed by atoms with Crippen LogP contribution in [0, 0.1) is 0 Å². The van der Waals surface area contributed by atoms with Gasteiger partial charge in [-0.3, -0.25) is 9.78 Å². The van der Waals surface area contributed by atoms with E-state index in [9.17, 15) is 9.59 Å². The molecule has 0 atom stereocenters. The van der Waals surface area contributed by atoms with E-state index in [-0.39, 0.29) is 5.91 Å². The Morgan fingerprint density at radius 3 is 2.53 bits per heavy atom. The van der Waals surface area contributed by atoms with E-state index in [4.69, 9.17) is 4.74 Å². The maximum absolute atomic E-state index is 12.4. The Morgan fingerprint density at radius 2 is 1.79 bits per heavy atom. The van der Waals surface area contributed by atoms with Crippen molar-refractivity contribution in [2.24, 2.45) is 0 Å². The molecule has 3 aromatic rings. The lowest BCUT2D eigenvalue weighted by molar-refractivity contribution is -0.111. The van der Waals surface area contributed by atoms with Crippen molar-refractivity contribution in [3.63, 3.8) is 0 Å². The molecule has 7 nitrogen and oxygen atoms in total. The van der Waals surface area contributed by atoms with Gasteiger partial charge in [-0.2, -0.15) is 0 Å². The van der Waals surface area contributed by atoms with Crippen molar-refractivity contribution in [2.75, 3.05) is 26.0 Å². The Labute approximate surface area is 200 Å². The van der Waals surface area contributed by atoms with E-state index in [1.165, 1.54) is 0 Å². The summed E-state index contributed by atoms with van der Waals surface area (Å²) in [5.41, 5.74) is 2.74. The number of rotatable bonds is 7. The Bertz CT molecular complexity index is 1200. The highest BCUT2D eigenvalue weighted by Crippen LogP contribution is 2.32. The molecule has 2 amide bonds. The molecule has 0 bridgehead atoms. The van der Waals surface area contributed by atoms with Crippen molar-refractivity contribution in [2.45, 2.75) is 32.9 Å². The van der Waals surface area contributed by atoms with Crippen LogP contribution in [0.4, 0.5) is 10.5 Å². The molecule has 0 saturated carbocycles. The molecular weight excluding hydrogens is 428 g/mol. The zero-order valence-electron chi connectivity index (χ0n) is 20.4. The van der Waals surface area contributed by atoms with Gasteiger partial charge in [-0.1, -0.05) is 42.5 Å². The lowest BCUT2D eigenvalue weighted by atomic mass is 9.98. The Balaban J connectivity index is 1.89. The van der Waals surface area contributed by atoms with Crippen LogP contribution >= 0.6 is 0 Å². The second-order valence-corrected chi connectivity index (χ2v) is 9.23. The van der Waals surface area contributed by atoms with Gasteiger partial charge in [0.15, 0.2) is 0 Å². The topological polar surface area (TPSA) is 83.6 Å². The molecule has 0 aliphatic rings. The molecule has 0 spiro atoms. The first kappa shape index (κ1) is 24.9. The fourth-order valence-corrected chi connectivity index (χ4v) is 3.46. The van der Waals surface area contributed by atoms with Crippen molar-refractivity contribution in [1.29, 1.82) is 0 Å². The molecule has 0 aliphatic carbocycles. The normalized spacial score (nSPS) is 11.7. The SMILES string of the molecule is CN(C)C/C=C/C(=O)Nc1cccc2c(-c3ccccc3CNC(=O)OC(C)(C)C)nccc12. The number of anilines is 1. The number of hydrogen-bond donors (Lipinski definition) is 2. The molecule has 2 N–H and O–H groups in total.